The van der Waals surface area contributed by atoms with Gasteiger partial charge in [-0.25, -0.2) is 0 Å². The molecule has 0 bridgehead atoms. The molecule has 0 saturated heterocycles. The molecule has 158 valence electrons. The molecule has 0 N–H and O–H groups in total. The Morgan fingerprint density at radius 3 is 2.23 bits per heavy atom. The summed E-state index contributed by atoms with van der Waals surface area (Å²) in [6.07, 6.45) is 1.68. The van der Waals surface area contributed by atoms with E-state index in [0.29, 0.717) is 32.7 Å². The fourth-order valence-corrected chi connectivity index (χ4v) is 4.33. The van der Waals surface area contributed by atoms with Crippen molar-refractivity contribution in [3.63, 3.8) is 0 Å². The van der Waals surface area contributed by atoms with Crippen LogP contribution in [-0.2, 0) is 10.1 Å². The van der Waals surface area contributed by atoms with Crippen LogP contribution in [0.4, 0.5) is 0 Å². The van der Waals surface area contributed by atoms with Gasteiger partial charge < -0.3 is 13.7 Å². The van der Waals surface area contributed by atoms with Gasteiger partial charge in [0.05, 0.1) is 30.3 Å². The van der Waals surface area contributed by atoms with Gasteiger partial charge in [0.25, 0.3) is 0 Å². The molecule has 3 rings (SSSR count). The Balaban J connectivity index is 1.90. The number of benzene rings is 3. The molecule has 0 aliphatic heterocycles. The first kappa shape index (κ1) is 22.4. The minimum atomic E-state index is -3.96. The second-order valence-corrected chi connectivity index (χ2v) is 8.68. The third kappa shape index (κ3) is 5.26. The van der Waals surface area contributed by atoms with E-state index in [4.69, 9.17) is 13.7 Å². The molecule has 0 aromatic heterocycles. The zero-order valence-corrected chi connectivity index (χ0v) is 19.1. The van der Waals surface area contributed by atoms with Gasteiger partial charge in [-0.1, -0.05) is 24.3 Å². The van der Waals surface area contributed by atoms with Crippen molar-refractivity contribution in [2.75, 3.05) is 14.2 Å². The number of halogens is 1. The summed E-state index contributed by atoms with van der Waals surface area (Å²) in [5.41, 5.74) is 1.74. The van der Waals surface area contributed by atoms with E-state index in [2.05, 4.69) is 22.0 Å². The summed E-state index contributed by atoms with van der Waals surface area (Å²) in [5, 5.41) is 9.63. The topological polar surface area (TPSA) is 85.6 Å². The van der Waals surface area contributed by atoms with Crippen molar-refractivity contribution in [2.24, 2.45) is 0 Å². The predicted octanol–water partition coefficient (Wildman–Crippen LogP) is 5.30. The van der Waals surface area contributed by atoms with Gasteiger partial charge >= 0.3 is 10.1 Å². The molecule has 0 aliphatic carbocycles. The normalized spacial score (nSPS) is 11.5. The maximum Gasteiger partial charge on any atom is 0.339 e. The van der Waals surface area contributed by atoms with Gasteiger partial charge in [0.1, 0.15) is 4.90 Å². The molecule has 0 saturated carbocycles. The molecule has 0 unspecified atom stereocenters. The summed E-state index contributed by atoms with van der Waals surface area (Å²) >= 11 is 3.34. The first-order valence-electron chi connectivity index (χ1n) is 9.01. The van der Waals surface area contributed by atoms with Crippen molar-refractivity contribution in [1.82, 2.24) is 0 Å². The molecule has 0 radical (unpaired) electrons. The molecule has 0 amide bonds. The maximum absolute atomic E-state index is 12.4. The lowest BCUT2D eigenvalue weighted by atomic mass is 10.0. The summed E-state index contributed by atoms with van der Waals surface area (Å²) in [7, 11) is -0.893. The Kier molecular flexibility index (Phi) is 7.00. The second-order valence-electron chi connectivity index (χ2n) is 6.28. The van der Waals surface area contributed by atoms with Gasteiger partial charge in [-0.05, 0) is 75.6 Å². The third-order valence-corrected chi connectivity index (χ3v) is 6.18. The molecule has 3 aromatic carbocycles. The Morgan fingerprint density at radius 1 is 0.935 bits per heavy atom. The molecule has 31 heavy (non-hydrogen) atoms. The lowest BCUT2D eigenvalue weighted by Gasteiger charge is -2.10. The number of allylic oxidation sites excluding steroid dienone is 1. The number of hydrogen-bond acceptors (Lipinski definition) is 6. The summed E-state index contributed by atoms with van der Waals surface area (Å²) in [4.78, 5) is 0.0612. The van der Waals surface area contributed by atoms with Crippen LogP contribution in [0.5, 0.6) is 17.2 Å². The van der Waals surface area contributed by atoms with E-state index >= 15 is 0 Å². The van der Waals surface area contributed by atoms with E-state index in [-0.39, 0.29) is 10.6 Å². The molecule has 0 fully saturated rings. The van der Waals surface area contributed by atoms with Gasteiger partial charge in [0.15, 0.2) is 17.2 Å². The fourth-order valence-electron chi connectivity index (χ4n) is 2.78. The molecule has 0 atom stereocenters. The van der Waals surface area contributed by atoms with Crippen LogP contribution >= 0.6 is 15.9 Å². The van der Waals surface area contributed by atoms with Crippen molar-refractivity contribution in [3.8, 4) is 23.3 Å². The van der Waals surface area contributed by atoms with Crippen LogP contribution in [0.25, 0.3) is 11.6 Å². The molecule has 0 spiro atoms. The van der Waals surface area contributed by atoms with Crippen LogP contribution in [0.15, 0.2) is 76.1 Å². The highest BCUT2D eigenvalue weighted by atomic mass is 79.9. The zero-order valence-electron chi connectivity index (χ0n) is 16.7. The number of methoxy groups -OCH3 is 2. The minimum absolute atomic E-state index is 0.0612. The smallest absolute Gasteiger partial charge is 0.339 e. The Labute approximate surface area is 189 Å². The first-order valence-corrected chi connectivity index (χ1v) is 11.2. The highest BCUT2D eigenvalue weighted by Gasteiger charge is 2.18. The number of nitrogens with zero attached hydrogens (tertiary/aromatic N) is 1. The number of hydrogen-bond donors (Lipinski definition) is 0. The lowest BCUT2D eigenvalue weighted by Crippen LogP contribution is -2.09. The quantitative estimate of drug-likeness (QED) is 0.249. The Morgan fingerprint density at radius 2 is 1.61 bits per heavy atom. The van der Waals surface area contributed by atoms with Gasteiger partial charge in [-0.3, -0.25) is 0 Å². The van der Waals surface area contributed by atoms with E-state index in [1.165, 1.54) is 32.4 Å². The highest BCUT2D eigenvalue weighted by Crippen LogP contribution is 2.33. The Hall–Kier alpha value is -3.28. The molecular weight excluding hydrogens is 482 g/mol. The molecule has 0 heterocycles. The van der Waals surface area contributed by atoms with Crippen molar-refractivity contribution >= 4 is 37.7 Å². The van der Waals surface area contributed by atoms with Gasteiger partial charge in [0, 0.05) is 0 Å². The monoisotopic (exact) mass is 499 g/mol. The van der Waals surface area contributed by atoms with Crippen LogP contribution in [0.3, 0.4) is 0 Å². The third-order valence-electron chi connectivity index (χ3n) is 4.31. The standard InChI is InChI=1S/C23H18BrNO5S/c1-28-22-11-9-17(14-23(22)29-2)18(15-25)12-16-8-10-21(20(24)13-16)30-31(26,27)19-6-4-3-5-7-19/h3-14H,1-2H3/b18-12+. The van der Waals surface area contributed by atoms with Crippen molar-refractivity contribution in [3.05, 3.63) is 82.3 Å². The Bertz CT molecular complexity index is 1260. The second kappa shape index (κ2) is 9.69. The summed E-state index contributed by atoms with van der Waals surface area (Å²) in [6, 6.07) is 20.1. The van der Waals surface area contributed by atoms with E-state index in [9.17, 15) is 13.7 Å². The van der Waals surface area contributed by atoms with E-state index in [0.717, 1.165) is 0 Å². The predicted molar refractivity (Wildman–Crippen MR) is 121 cm³/mol. The number of ether oxygens (including phenoxy) is 2. The number of rotatable bonds is 7. The first-order chi connectivity index (χ1) is 14.9. The van der Waals surface area contributed by atoms with Crippen LogP contribution in [0, 0.1) is 11.3 Å². The molecule has 3 aromatic rings. The van der Waals surface area contributed by atoms with Gasteiger partial charge in [-0.2, -0.15) is 13.7 Å². The molecular formula is C23H18BrNO5S. The summed E-state index contributed by atoms with van der Waals surface area (Å²) < 4.78 is 41.1. The maximum atomic E-state index is 12.4. The summed E-state index contributed by atoms with van der Waals surface area (Å²) in [5.74, 6) is 1.22. The van der Waals surface area contributed by atoms with Crippen LogP contribution in [0.1, 0.15) is 11.1 Å². The van der Waals surface area contributed by atoms with Crippen molar-refractivity contribution < 1.29 is 22.1 Å². The minimum Gasteiger partial charge on any atom is -0.493 e. The van der Waals surface area contributed by atoms with Crippen LogP contribution in [-0.4, -0.2) is 22.6 Å². The fraction of sp³-hybridized carbons (Fsp3) is 0.0870. The van der Waals surface area contributed by atoms with E-state index in [1.807, 2.05) is 0 Å². The lowest BCUT2D eigenvalue weighted by molar-refractivity contribution is 0.355. The van der Waals surface area contributed by atoms with Crippen LogP contribution in [0.2, 0.25) is 0 Å². The van der Waals surface area contributed by atoms with Crippen molar-refractivity contribution in [2.45, 2.75) is 4.90 Å². The van der Waals surface area contributed by atoms with Gasteiger partial charge in [-0.15, -0.1) is 0 Å². The average molecular weight is 500 g/mol. The van der Waals surface area contributed by atoms with Gasteiger partial charge in [0.2, 0.25) is 0 Å². The van der Waals surface area contributed by atoms with Crippen LogP contribution < -0.4 is 13.7 Å². The molecule has 0 aliphatic rings. The molecule has 8 heteroatoms. The summed E-state index contributed by atoms with van der Waals surface area (Å²) in [6.45, 7) is 0. The van der Waals surface area contributed by atoms with E-state index < -0.39 is 10.1 Å². The highest BCUT2D eigenvalue weighted by molar-refractivity contribution is 9.10. The zero-order chi connectivity index (χ0) is 22.4. The van der Waals surface area contributed by atoms with E-state index in [1.54, 1.807) is 54.6 Å². The largest absolute Gasteiger partial charge is 0.493 e. The SMILES string of the molecule is COc1ccc(/C(C#N)=C/c2ccc(OS(=O)(=O)c3ccccc3)c(Br)c2)cc1OC. The number of nitriles is 1. The van der Waals surface area contributed by atoms with Crippen molar-refractivity contribution in [1.29, 1.82) is 5.26 Å². The average Bonchev–Trinajstić information content (AvgIpc) is 2.79. The molecule has 6 nitrogen and oxygen atoms in total.